The zero-order chi connectivity index (χ0) is 16.9. The maximum atomic E-state index is 13.0. The van der Waals surface area contributed by atoms with Crippen molar-refractivity contribution >= 4 is 28.5 Å². The predicted molar refractivity (Wildman–Crippen MR) is 79.8 cm³/mol. The van der Waals surface area contributed by atoms with Gasteiger partial charge in [0.05, 0.1) is 29.2 Å². The molecule has 3 aliphatic rings. The molecule has 1 N–H and O–H groups in total. The summed E-state index contributed by atoms with van der Waals surface area (Å²) in [5, 5.41) is 17.8. The lowest BCUT2D eigenvalue weighted by Crippen LogP contribution is -2.49. The van der Waals surface area contributed by atoms with E-state index in [-0.39, 0.29) is 11.8 Å². The van der Waals surface area contributed by atoms with Crippen LogP contribution in [0.1, 0.15) is 20.3 Å². The average molecular weight is 329 g/mol. The minimum absolute atomic E-state index is 0.293. The van der Waals surface area contributed by atoms with Crippen molar-refractivity contribution in [2.24, 2.45) is 11.8 Å². The Balaban J connectivity index is 1.63. The van der Waals surface area contributed by atoms with Crippen molar-refractivity contribution in [3.8, 4) is 0 Å². The second kappa shape index (κ2) is 4.01. The molecule has 5 rings (SSSR count). The van der Waals surface area contributed by atoms with Crippen molar-refractivity contribution in [3.05, 3.63) is 18.2 Å². The standard InChI is InChI=1S/C16H15N3O5/c1-15-6-10(20)16(2,23-15)12-11(15)13(21)19(14(12)22)7-3-4-8-9(5-7)18-24-17-8/h3-5,10-12,20H,6H2,1-2H3/t10?,11?,12-,15?,16?/m1/s1. The Hall–Kier alpha value is -2.32. The molecule has 0 saturated carbocycles. The lowest BCUT2D eigenvalue weighted by molar-refractivity contribution is -0.132. The highest BCUT2D eigenvalue weighted by atomic mass is 16.6. The van der Waals surface area contributed by atoms with E-state index in [4.69, 9.17) is 4.74 Å². The Labute approximate surface area is 136 Å². The summed E-state index contributed by atoms with van der Waals surface area (Å²) < 4.78 is 10.6. The number of imide groups is 1. The molecule has 4 unspecified atom stereocenters. The molecule has 0 aliphatic carbocycles. The van der Waals surface area contributed by atoms with Gasteiger partial charge in [-0.1, -0.05) is 0 Å². The third kappa shape index (κ3) is 1.41. The molecule has 2 bridgehead atoms. The minimum atomic E-state index is -1.03. The van der Waals surface area contributed by atoms with Crippen molar-refractivity contribution in [2.75, 3.05) is 4.90 Å². The van der Waals surface area contributed by atoms with Crippen molar-refractivity contribution in [3.63, 3.8) is 0 Å². The molecule has 3 saturated heterocycles. The predicted octanol–water partition coefficient (Wildman–Crippen LogP) is 0.641. The van der Waals surface area contributed by atoms with Crippen LogP contribution in [0.5, 0.6) is 0 Å². The largest absolute Gasteiger partial charge is 0.390 e. The Morgan fingerprint density at radius 3 is 2.67 bits per heavy atom. The van der Waals surface area contributed by atoms with E-state index in [0.717, 1.165) is 0 Å². The molecule has 2 amide bonds. The fourth-order valence-corrected chi connectivity index (χ4v) is 4.69. The highest BCUT2D eigenvalue weighted by molar-refractivity contribution is 6.23. The fourth-order valence-electron chi connectivity index (χ4n) is 4.69. The Morgan fingerprint density at radius 1 is 1.17 bits per heavy atom. The zero-order valence-corrected chi connectivity index (χ0v) is 13.1. The van der Waals surface area contributed by atoms with Crippen LogP contribution in [0.2, 0.25) is 0 Å². The summed E-state index contributed by atoms with van der Waals surface area (Å²) in [5.74, 6) is -1.89. The number of amides is 2. The molecule has 1 aromatic carbocycles. The van der Waals surface area contributed by atoms with Gasteiger partial charge < -0.3 is 9.84 Å². The summed E-state index contributed by atoms with van der Waals surface area (Å²) in [6, 6.07) is 4.90. The van der Waals surface area contributed by atoms with Crippen molar-refractivity contribution in [2.45, 2.75) is 37.6 Å². The first kappa shape index (κ1) is 14.1. The zero-order valence-electron chi connectivity index (χ0n) is 13.1. The molecule has 5 atom stereocenters. The molecular formula is C16H15N3O5. The number of anilines is 1. The number of fused-ring (bicyclic) bond motifs is 6. The van der Waals surface area contributed by atoms with E-state index < -0.39 is 29.1 Å². The number of benzene rings is 1. The molecule has 124 valence electrons. The van der Waals surface area contributed by atoms with Crippen molar-refractivity contribution in [1.29, 1.82) is 0 Å². The first-order chi connectivity index (χ1) is 11.3. The van der Waals surface area contributed by atoms with E-state index in [1.165, 1.54) is 4.90 Å². The molecular weight excluding hydrogens is 314 g/mol. The normalized spacial score (nSPS) is 40.8. The highest BCUT2D eigenvalue weighted by Gasteiger charge is 2.75. The van der Waals surface area contributed by atoms with Gasteiger partial charge in [0.2, 0.25) is 11.8 Å². The van der Waals surface area contributed by atoms with Crippen LogP contribution >= 0.6 is 0 Å². The minimum Gasteiger partial charge on any atom is -0.390 e. The van der Waals surface area contributed by atoms with E-state index in [2.05, 4.69) is 14.9 Å². The summed E-state index contributed by atoms with van der Waals surface area (Å²) in [4.78, 5) is 27.2. The van der Waals surface area contributed by atoms with Crippen LogP contribution in [0.15, 0.2) is 22.8 Å². The Kier molecular flexibility index (Phi) is 2.35. The van der Waals surface area contributed by atoms with Gasteiger partial charge in [-0.25, -0.2) is 9.53 Å². The van der Waals surface area contributed by atoms with Crippen LogP contribution in [0.25, 0.3) is 11.0 Å². The van der Waals surface area contributed by atoms with Crippen LogP contribution < -0.4 is 4.90 Å². The molecule has 8 heteroatoms. The van der Waals surface area contributed by atoms with Gasteiger partial charge in [-0.2, -0.15) is 0 Å². The quantitative estimate of drug-likeness (QED) is 0.765. The van der Waals surface area contributed by atoms with Gasteiger partial charge in [-0.05, 0) is 42.4 Å². The molecule has 1 aromatic heterocycles. The van der Waals surface area contributed by atoms with Crippen molar-refractivity contribution in [1.82, 2.24) is 10.3 Å². The van der Waals surface area contributed by atoms with Crippen LogP contribution in [0, 0.1) is 11.8 Å². The maximum Gasteiger partial charge on any atom is 0.240 e. The SMILES string of the molecule is CC12CC(O)C(C)(O1)[C@H]1C(=O)N(c3ccc4nonc4c3)C(=O)C12. The fraction of sp³-hybridized carbons (Fsp3) is 0.500. The van der Waals surface area contributed by atoms with Gasteiger partial charge in [0.1, 0.15) is 16.6 Å². The number of ether oxygens (including phenoxy) is 1. The number of aliphatic hydroxyl groups excluding tert-OH is 1. The smallest absolute Gasteiger partial charge is 0.240 e. The van der Waals surface area contributed by atoms with E-state index in [9.17, 15) is 14.7 Å². The molecule has 0 radical (unpaired) electrons. The van der Waals surface area contributed by atoms with E-state index in [1.807, 2.05) is 0 Å². The second-order valence-corrected chi connectivity index (χ2v) is 7.22. The number of aromatic nitrogens is 2. The Morgan fingerprint density at radius 2 is 1.88 bits per heavy atom. The lowest BCUT2D eigenvalue weighted by Gasteiger charge is -2.31. The van der Waals surface area contributed by atoms with Gasteiger partial charge in [0.15, 0.2) is 0 Å². The van der Waals surface area contributed by atoms with Gasteiger partial charge in [0.25, 0.3) is 0 Å². The molecule has 24 heavy (non-hydrogen) atoms. The molecule has 8 nitrogen and oxygen atoms in total. The summed E-state index contributed by atoms with van der Waals surface area (Å²) in [5.41, 5.74) is -0.387. The summed E-state index contributed by atoms with van der Waals surface area (Å²) in [6.07, 6.45) is -0.410. The number of carbonyl (C=O) groups is 2. The van der Waals surface area contributed by atoms with Crippen LogP contribution in [0.3, 0.4) is 0 Å². The van der Waals surface area contributed by atoms with E-state index >= 15 is 0 Å². The van der Waals surface area contributed by atoms with Crippen LogP contribution in [-0.4, -0.2) is 44.5 Å². The Bertz CT molecular complexity index is 910. The number of aliphatic hydroxyl groups is 1. The highest BCUT2D eigenvalue weighted by Crippen LogP contribution is 2.60. The second-order valence-electron chi connectivity index (χ2n) is 7.22. The topological polar surface area (TPSA) is 106 Å². The first-order valence-corrected chi connectivity index (χ1v) is 7.83. The monoisotopic (exact) mass is 329 g/mol. The molecule has 3 aliphatic heterocycles. The first-order valence-electron chi connectivity index (χ1n) is 7.83. The third-order valence-electron chi connectivity index (χ3n) is 5.79. The summed E-state index contributed by atoms with van der Waals surface area (Å²) >= 11 is 0. The van der Waals surface area contributed by atoms with Gasteiger partial charge >= 0.3 is 0 Å². The number of hydrogen-bond acceptors (Lipinski definition) is 7. The average Bonchev–Trinajstić information content (AvgIpc) is 3.19. The summed E-state index contributed by atoms with van der Waals surface area (Å²) in [7, 11) is 0. The lowest BCUT2D eigenvalue weighted by atomic mass is 9.67. The number of carbonyl (C=O) groups excluding carboxylic acids is 2. The van der Waals surface area contributed by atoms with Gasteiger partial charge in [0, 0.05) is 6.42 Å². The molecule has 0 spiro atoms. The third-order valence-corrected chi connectivity index (χ3v) is 5.79. The van der Waals surface area contributed by atoms with Gasteiger partial charge in [-0.3, -0.25) is 9.59 Å². The van der Waals surface area contributed by atoms with E-state index in [0.29, 0.717) is 23.1 Å². The molecule has 2 aromatic rings. The number of rotatable bonds is 1. The van der Waals surface area contributed by atoms with Crippen molar-refractivity contribution < 1.29 is 24.1 Å². The van der Waals surface area contributed by atoms with Gasteiger partial charge in [-0.15, -0.1) is 0 Å². The summed E-state index contributed by atoms with van der Waals surface area (Å²) in [6.45, 7) is 3.51. The molecule has 4 heterocycles. The van der Waals surface area contributed by atoms with Crippen LogP contribution in [0.4, 0.5) is 5.69 Å². The van der Waals surface area contributed by atoms with Crippen LogP contribution in [-0.2, 0) is 14.3 Å². The van der Waals surface area contributed by atoms with E-state index in [1.54, 1.807) is 32.0 Å². The number of nitrogens with zero attached hydrogens (tertiary/aromatic N) is 3. The maximum absolute atomic E-state index is 13.0. The molecule has 3 fully saturated rings. The number of hydrogen-bond donors (Lipinski definition) is 1.